The summed E-state index contributed by atoms with van der Waals surface area (Å²) in [4.78, 5) is 0. The molecule has 0 amide bonds. The third-order valence-electron chi connectivity index (χ3n) is 8.74. The van der Waals surface area contributed by atoms with E-state index in [0.29, 0.717) is 11.8 Å². The highest BCUT2D eigenvalue weighted by atomic mass is 28.3. The number of rotatable bonds is 5. The lowest BCUT2D eigenvalue weighted by Gasteiger charge is -2.26. The summed E-state index contributed by atoms with van der Waals surface area (Å²) in [6, 6.07) is 27.1. The Morgan fingerprint density at radius 3 is 1.98 bits per heavy atom. The van der Waals surface area contributed by atoms with E-state index in [0.717, 1.165) is 16.6 Å². The smallest absolute Gasteiger partial charge is 0.216 e. The van der Waals surface area contributed by atoms with Gasteiger partial charge in [0.1, 0.15) is 18.2 Å². The highest BCUT2D eigenvalue weighted by Gasteiger charge is 2.26. The number of aromatic nitrogens is 1. The van der Waals surface area contributed by atoms with Gasteiger partial charge in [-0.25, -0.2) is 4.57 Å². The Kier molecular flexibility index (Phi) is 6.69. The molecule has 6 rings (SSSR count). The number of hydrogen-bond donors (Lipinski definition) is 0. The third-order valence-corrected chi connectivity index (χ3v) is 10.8. The fraction of sp³-hybridized carbons (Fsp3) is 0.289. The van der Waals surface area contributed by atoms with Crippen LogP contribution >= 0.6 is 0 Å². The van der Waals surface area contributed by atoms with E-state index >= 15 is 0 Å². The van der Waals surface area contributed by atoms with Gasteiger partial charge in [-0.2, -0.15) is 0 Å². The SMILES string of the molecule is Cc1ccc2c(oc3c4ccccc4ccc23)c1-c1cc(-c2c(C(C)C)cc([Si](C)(C)C)cc2C(C)C)cc[n+]1C. The van der Waals surface area contributed by atoms with E-state index in [4.69, 9.17) is 4.42 Å². The van der Waals surface area contributed by atoms with Crippen LogP contribution in [0.15, 0.2) is 83.4 Å². The molecule has 3 heteroatoms. The van der Waals surface area contributed by atoms with Gasteiger partial charge < -0.3 is 4.42 Å². The van der Waals surface area contributed by atoms with Gasteiger partial charge in [-0.15, -0.1) is 0 Å². The van der Waals surface area contributed by atoms with Crippen molar-refractivity contribution in [2.75, 3.05) is 0 Å². The van der Waals surface area contributed by atoms with Gasteiger partial charge in [-0.3, -0.25) is 0 Å². The minimum absolute atomic E-state index is 0.435. The van der Waals surface area contributed by atoms with Gasteiger partial charge in [0.15, 0.2) is 6.20 Å². The number of furan rings is 1. The second-order valence-electron chi connectivity index (χ2n) is 13.4. The number of hydrogen-bond acceptors (Lipinski definition) is 1. The molecule has 208 valence electrons. The van der Waals surface area contributed by atoms with Gasteiger partial charge in [0.25, 0.3) is 0 Å². The number of benzene rings is 4. The van der Waals surface area contributed by atoms with Crippen LogP contribution in [-0.4, -0.2) is 8.07 Å². The fourth-order valence-electron chi connectivity index (χ4n) is 6.32. The summed E-state index contributed by atoms with van der Waals surface area (Å²) >= 11 is 0. The lowest BCUT2D eigenvalue weighted by atomic mass is 9.84. The molecule has 4 aromatic carbocycles. The molecular weight excluding hydrogens is 515 g/mol. The molecular formula is C38H42NOSi+. The van der Waals surface area contributed by atoms with Crippen LogP contribution in [-0.2, 0) is 7.05 Å². The van der Waals surface area contributed by atoms with Crippen molar-refractivity contribution < 1.29 is 8.98 Å². The topological polar surface area (TPSA) is 17.0 Å². The van der Waals surface area contributed by atoms with Crippen LogP contribution in [0.5, 0.6) is 0 Å². The Morgan fingerprint density at radius 2 is 1.32 bits per heavy atom. The second-order valence-corrected chi connectivity index (χ2v) is 18.5. The van der Waals surface area contributed by atoms with Crippen LogP contribution in [0.2, 0.25) is 19.6 Å². The van der Waals surface area contributed by atoms with Gasteiger partial charge in [0.2, 0.25) is 5.69 Å². The fourth-order valence-corrected chi connectivity index (χ4v) is 7.50. The summed E-state index contributed by atoms with van der Waals surface area (Å²) in [6.07, 6.45) is 2.22. The average Bonchev–Trinajstić information content (AvgIpc) is 3.31. The molecule has 0 spiro atoms. The van der Waals surface area contributed by atoms with Crippen LogP contribution in [0.3, 0.4) is 0 Å². The summed E-state index contributed by atoms with van der Waals surface area (Å²) in [6.45, 7) is 18.9. The monoisotopic (exact) mass is 556 g/mol. The van der Waals surface area contributed by atoms with E-state index in [1.807, 2.05) is 0 Å². The van der Waals surface area contributed by atoms with Crippen LogP contribution in [0.4, 0.5) is 0 Å². The molecule has 0 atom stereocenters. The minimum atomic E-state index is -1.47. The molecule has 2 heterocycles. The summed E-state index contributed by atoms with van der Waals surface area (Å²) in [5.41, 5.74) is 11.1. The quantitative estimate of drug-likeness (QED) is 0.152. The number of aryl methyl sites for hydroxylation is 2. The van der Waals surface area contributed by atoms with Crippen molar-refractivity contribution in [1.29, 1.82) is 0 Å². The van der Waals surface area contributed by atoms with Crippen LogP contribution in [0.1, 0.15) is 56.2 Å². The van der Waals surface area contributed by atoms with E-state index in [1.54, 1.807) is 5.19 Å². The van der Waals surface area contributed by atoms with E-state index in [2.05, 4.69) is 145 Å². The summed E-state index contributed by atoms with van der Waals surface area (Å²) in [5, 5.41) is 6.25. The number of fused-ring (bicyclic) bond motifs is 5. The van der Waals surface area contributed by atoms with Crippen LogP contribution in [0.25, 0.3) is 55.1 Å². The normalized spacial score (nSPS) is 12.5. The molecule has 0 unspecified atom stereocenters. The molecule has 0 bridgehead atoms. The van der Waals surface area contributed by atoms with Crippen molar-refractivity contribution in [3.63, 3.8) is 0 Å². The van der Waals surface area contributed by atoms with Gasteiger partial charge in [-0.05, 0) is 58.0 Å². The second kappa shape index (κ2) is 9.99. The molecule has 0 saturated heterocycles. The van der Waals surface area contributed by atoms with Crippen molar-refractivity contribution in [2.45, 2.75) is 66.1 Å². The van der Waals surface area contributed by atoms with E-state index in [1.165, 1.54) is 55.2 Å². The van der Waals surface area contributed by atoms with Crippen LogP contribution < -0.4 is 9.75 Å². The molecule has 2 aromatic heterocycles. The first kappa shape index (κ1) is 27.5. The molecule has 0 aliphatic heterocycles. The summed E-state index contributed by atoms with van der Waals surface area (Å²) in [5.74, 6) is 0.870. The van der Waals surface area contributed by atoms with E-state index < -0.39 is 8.07 Å². The molecule has 0 saturated carbocycles. The lowest BCUT2D eigenvalue weighted by molar-refractivity contribution is -0.660. The van der Waals surface area contributed by atoms with Crippen molar-refractivity contribution in [2.24, 2.45) is 7.05 Å². The van der Waals surface area contributed by atoms with E-state index in [-0.39, 0.29) is 0 Å². The predicted octanol–water partition coefficient (Wildman–Crippen LogP) is 10.00. The maximum Gasteiger partial charge on any atom is 0.216 e. The number of nitrogens with zero attached hydrogens (tertiary/aromatic N) is 1. The molecule has 0 aliphatic rings. The standard InChI is InChI=1S/C38H42NOSi/c1-23(2)32-21-28(41(7,8)9)22-33(24(3)4)36(32)27-18-19-39(6)34(20-27)35-25(5)14-16-31-30-17-15-26-12-10-11-13-29(26)37(30)40-38(31)35/h10-24H,1-9H3/q+1. The first-order valence-electron chi connectivity index (χ1n) is 15.0. The molecule has 6 aromatic rings. The van der Waals surface area contributed by atoms with Gasteiger partial charge >= 0.3 is 0 Å². The maximum atomic E-state index is 6.80. The third kappa shape index (κ3) is 4.61. The molecule has 0 fully saturated rings. The first-order valence-corrected chi connectivity index (χ1v) is 18.5. The molecule has 0 N–H and O–H groups in total. The minimum Gasteiger partial charge on any atom is -0.454 e. The Balaban J connectivity index is 1.65. The van der Waals surface area contributed by atoms with Gasteiger partial charge in [0.05, 0.1) is 13.6 Å². The van der Waals surface area contributed by atoms with Crippen molar-refractivity contribution in [3.05, 3.63) is 95.7 Å². The average molecular weight is 557 g/mol. The molecule has 0 aliphatic carbocycles. The summed E-state index contributed by atoms with van der Waals surface area (Å²) in [7, 11) is 0.674. The zero-order chi connectivity index (χ0) is 29.2. The molecule has 2 nitrogen and oxygen atoms in total. The lowest BCUT2D eigenvalue weighted by Crippen LogP contribution is -2.38. The highest BCUT2D eigenvalue weighted by Crippen LogP contribution is 2.41. The Hall–Kier alpha value is -3.69. The first-order chi connectivity index (χ1) is 19.5. The van der Waals surface area contributed by atoms with Crippen molar-refractivity contribution in [1.82, 2.24) is 0 Å². The molecule has 0 radical (unpaired) electrons. The largest absolute Gasteiger partial charge is 0.454 e. The van der Waals surface area contributed by atoms with Gasteiger partial charge in [-0.1, -0.05) is 107 Å². The van der Waals surface area contributed by atoms with Gasteiger partial charge in [0, 0.05) is 28.3 Å². The molecule has 41 heavy (non-hydrogen) atoms. The summed E-state index contributed by atoms with van der Waals surface area (Å²) < 4.78 is 9.05. The highest BCUT2D eigenvalue weighted by molar-refractivity contribution is 6.88. The van der Waals surface area contributed by atoms with E-state index in [9.17, 15) is 0 Å². The van der Waals surface area contributed by atoms with Crippen LogP contribution in [0, 0.1) is 6.92 Å². The Morgan fingerprint density at radius 1 is 0.683 bits per heavy atom. The zero-order valence-electron chi connectivity index (χ0n) is 26.0. The number of pyridine rings is 1. The predicted molar refractivity (Wildman–Crippen MR) is 179 cm³/mol. The zero-order valence-corrected chi connectivity index (χ0v) is 27.0. The Labute approximate surface area is 245 Å². The maximum absolute atomic E-state index is 6.80. The van der Waals surface area contributed by atoms with Crippen molar-refractivity contribution in [3.8, 4) is 22.4 Å². The van der Waals surface area contributed by atoms with Crippen molar-refractivity contribution >= 4 is 46.0 Å². The Bertz CT molecular complexity index is 1920.